The molecule has 94 valence electrons. The van der Waals surface area contributed by atoms with Gasteiger partial charge in [-0.25, -0.2) is 0 Å². The lowest BCUT2D eigenvalue weighted by atomic mass is 10.0. The molecular formula is C10H10F3NO3. The van der Waals surface area contributed by atoms with Crippen LogP contribution in [0.3, 0.4) is 0 Å². The average molecular weight is 249 g/mol. The molecular weight excluding hydrogens is 239 g/mol. The molecule has 0 aliphatic rings. The maximum absolute atomic E-state index is 12.4. The van der Waals surface area contributed by atoms with Crippen molar-refractivity contribution in [2.75, 3.05) is 0 Å². The van der Waals surface area contributed by atoms with E-state index in [0.29, 0.717) is 12.1 Å². The first-order valence-electron chi connectivity index (χ1n) is 4.59. The predicted octanol–water partition coefficient (Wildman–Crippen LogP) is 1.89. The number of halogens is 3. The molecule has 0 unspecified atom stereocenters. The van der Waals surface area contributed by atoms with Crippen molar-refractivity contribution in [3.05, 3.63) is 29.3 Å². The number of phenolic OH excluding ortho intramolecular Hbond substituents is 1. The Morgan fingerprint density at radius 2 is 2.00 bits per heavy atom. The summed E-state index contributed by atoms with van der Waals surface area (Å²) in [5, 5.41) is 17.8. The molecule has 4 nitrogen and oxygen atoms in total. The monoisotopic (exact) mass is 249 g/mol. The molecule has 1 aromatic rings. The fourth-order valence-corrected chi connectivity index (χ4v) is 1.33. The van der Waals surface area contributed by atoms with Gasteiger partial charge in [0, 0.05) is 11.6 Å². The molecule has 0 bridgehead atoms. The van der Waals surface area contributed by atoms with Gasteiger partial charge in [0.15, 0.2) is 0 Å². The number of nitrogens with two attached hydrogens (primary N) is 1. The normalized spacial score (nSPS) is 13.4. The number of carboxylic acids is 1. The summed E-state index contributed by atoms with van der Waals surface area (Å²) in [5.41, 5.74) is 4.19. The third kappa shape index (κ3) is 3.35. The highest BCUT2D eigenvalue weighted by molar-refractivity contribution is 5.68. The van der Waals surface area contributed by atoms with Gasteiger partial charge in [-0.15, -0.1) is 0 Å². The van der Waals surface area contributed by atoms with E-state index in [4.69, 9.17) is 10.8 Å². The molecule has 0 saturated carbocycles. The molecule has 0 spiro atoms. The van der Waals surface area contributed by atoms with Crippen LogP contribution in [0.1, 0.15) is 23.6 Å². The lowest BCUT2D eigenvalue weighted by Crippen LogP contribution is -2.16. The zero-order valence-electron chi connectivity index (χ0n) is 8.53. The molecule has 0 radical (unpaired) electrons. The largest absolute Gasteiger partial charge is 0.508 e. The number of phenols is 1. The molecule has 0 aromatic heterocycles. The molecule has 4 N–H and O–H groups in total. The first-order chi connectivity index (χ1) is 7.71. The predicted molar refractivity (Wildman–Crippen MR) is 52.3 cm³/mol. The molecule has 17 heavy (non-hydrogen) atoms. The highest BCUT2D eigenvalue weighted by Gasteiger charge is 2.31. The first kappa shape index (κ1) is 13.3. The van der Waals surface area contributed by atoms with Gasteiger partial charge in [0.2, 0.25) is 0 Å². The van der Waals surface area contributed by atoms with E-state index in [1.807, 2.05) is 0 Å². The van der Waals surface area contributed by atoms with Gasteiger partial charge in [-0.3, -0.25) is 4.79 Å². The van der Waals surface area contributed by atoms with E-state index in [0.717, 1.165) is 6.07 Å². The molecule has 0 amide bonds. The van der Waals surface area contributed by atoms with Gasteiger partial charge in [0.25, 0.3) is 0 Å². The van der Waals surface area contributed by atoms with E-state index >= 15 is 0 Å². The lowest BCUT2D eigenvalue weighted by molar-refractivity contribution is -0.138. The third-order valence-corrected chi connectivity index (χ3v) is 2.15. The molecule has 0 aliphatic heterocycles. The minimum absolute atomic E-state index is 0.234. The van der Waals surface area contributed by atoms with Crippen molar-refractivity contribution in [3.8, 4) is 5.75 Å². The zero-order chi connectivity index (χ0) is 13.2. The van der Waals surface area contributed by atoms with Gasteiger partial charge in [0.05, 0.1) is 12.0 Å². The number of benzene rings is 1. The van der Waals surface area contributed by atoms with E-state index in [1.165, 1.54) is 0 Å². The van der Waals surface area contributed by atoms with Crippen LogP contribution >= 0.6 is 0 Å². The Balaban J connectivity index is 3.10. The topological polar surface area (TPSA) is 83.6 Å². The number of hydrogen-bond acceptors (Lipinski definition) is 3. The van der Waals surface area contributed by atoms with E-state index in [2.05, 4.69) is 0 Å². The summed E-state index contributed by atoms with van der Waals surface area (Å²) in [4.78, 5) is 10.4. The Morgan fingerprint density at radius 1 is 1.41 bits per heavy atom. The van der Waals surface area contributed by atoms with Gasteiger partial charge in [-0.05, 0) is 18.2 Å². The Labute approximate surface area is 94.5 Å². The Bertz CT molecular complexity index is 431. The second-order valence-corrected chi connectivity index (χ2v) is 3.48. The standard InChI is InChI=1S/C10H10F3NO3/c11-10(12,13)5-1-2-8(15)6(3-5)7(14)4-9(16)17/h1-3,7,15H,4,14H2,(H,16,17)/t7-/m1/s1. The summed E-state index contributed by atoms with van der Waals surface area (Å²) < 4.78 is 37.2. The van der Waals surface area contributed by atoms with Crippen LogP contribution in [0.25, 0.3) is 0 Å². The number of rotatable bonds is 3. The van der Waals surface area contributed by atoms with Crippen LogP contribution in [0.15, 0.2) is 18.2 Å². The van der Waals surface area contributed by atoms with Gasteiger partial charge >= 0.3 is 12.1 Å². The van der Waals surface area contributed by atoms with Crippen LogP contribution < -0.4 is 5.73 Å². The van der Waals surface area contributed by atoms with Gasteiger partial charge in [0.1, 0.15) is 5.75 Å². The second-order valence-electron chi connectivity index (χ2n) is 3.48. The molecule has 0 saturated heterocycles. The minimum atomic E-state index is -4.56. The average Bonchev–Trinajstić information content (AvgIpc) is 2.15. The van der Waals surface area contributed by atoms with Crippen LogP contribution in [-0.4, -0.2) is 16.2 Å². The van der Waals surface area contributed by atoms with Gasteiger partial charge in [-0.2, -0.15) is 13.2 Å². The lowest BCUT2D eigenvalue weighted by Gasteiger charge is -2.14. The molecule has 1 aromatic carbocycles. The number of aliphatic carboxylic acids is 1. The smallest absolute Gasteiger partial charge is 0.416 e. The number of carboxylic acid groups (broad SMARTS) is 1. The number of carbonyl (C=O) groups is 1. The summed E-state index contributed by atoms with van der Waals surface area (Å²) in [6.07, 6.45) is -5.12. The summed E-state index contributed by atoms with van der Waals surface area (Å²) in [5.74, 6) is -1.71. The van der Waals surface area contributed by atoms with Gasteiger partial charge < -0.3 is 15.9 Å². The quantitative estimate of drug-likeness (QED) is 0.763. The fourth-order valence-electron chi connectivity index (χ4n) is 1.33. The fraction of sp³-hybridized carbons (Fsp3) is 0.300. The summed E-state index contributed by atoms with van der Waals surface area (Å²) >= 11 is 0. The van der Waals surface area contributed by atoms with E-state index in [9.17, 15) is 23.1 Å². The Morgan fingerprint density at radius 3 is 2.47 bits per heavy atom. The Kier molecular flexibility index (Phi) is 3.62. The molecule has 0 heterocycles. The summed E-state index contributed by atoms with van der Waals surface area (Å²) in [6.45, 7) is 0. The molecule has 1 rings (SSSR count). The maximum Gasteiger partial charge on any atom is 0.416 e. The molecule has 0 aliphatic carbocycles. The van der Waals surface area contributed by atoms with E-state index in [-0.39, 0.29) is 5.56 Å². The van der Waals surface area contributed by atoms with Crippen molar-refractivity contribution in [2.24, 2.45) is 5.73 Å². The van der Waals surface area contributed by atoms with Gasteiger partial charge in [-0.1, -0.05) is 0 Å². The Hall–Kier alpha value is -1.76. The maximum atomic E-state index is 12.4. The second kappa shape index (κ2) is 4.62. The zero-order valence-corrected chi connectivity index (χ0v) is 8.53. The highest BCUT2D eigenvalue weighted by Crippen LogP contribution is 2.34. The number of hydrogen-bond donors (Lipinski definition) is 3. The van der Waals surface area contributed by atoms with Crippen LogP contribution in [0.4, 0.5) is 13.2 Å². The minimum Gasteiger partial charge on any atom is -0.508 e. The number of aromatic hydroxyl groups is 1. The SMILES string of the molecule is N[C@H](CC(=O)O)c1cc(C(F)(F)F)ccc1O. The van der Waals surface area contributed by atoms with Crippen molar-refractivity contribution in [1.29, 1.82) is 0 Å². The van der Waals surface area contributed by atoms with Crippen LogP contribution in [0, 0.1) is 0 Å². The third-order valence-electron chi connectivity index (χ3n) is 2.15. The van der Waals surface area contributed by atoms with E-state index < -0.39 is 35.9 Å². The van der Waals surface area contributed by atoms with E-state index in [1.54, 1.807) is 0 Å². The molecule has 1 atom stereocenters. The van der Waals surface area contributed by atoms with Crippen molar-refractivity contribution >= 4 is 5.97 Å². The summed E-state index contributed by atoms with van der Waals surface area (Å²) in [7, 11) is 0. The van der Waals surface area contributed by atoms with Crippen molar-refractivity contribution in [2.45, 2.75) is 18.6 Å². The van der Waals surface area contributed by atoms with Crippen LogP contribution in [-0.2, 0) is 11.0 Å². The van der Waals surface area contributed by atoms with Crippen molar-refractivity contribution in [1.82, 2.24) is 0 Å². The highest BCUT2D eigenvalue weighted by atomic mass is 19.4. The first-order valence-corrected chi connectivity index (χ1v) is 4.59. The van der Waals surface area contributed by atoms with Crippen LogP contribution in [0.5, 0.6) is 5.75 Å². The molecule has 7 heteroatoms. The molecule has 0 fully saturated rings. The van der Waals surface area contributed by atoms with Crippen molar-refractivity contribution < 1.29 is 28.2 Å². The van der Waals surface area contributed by atoms with Crippen LogP contribution in [0.2, 0.25) is 0 Å². The number of alkyl halides is 3. The van der Waals surface area contributed by atoms with Crippen molar-refractivity contribution in [3.63, 3.8) is 0 Å². The summed E-state index contributed by atoms with van der Waals surface area (Å²) in [6, 6.07) is 1.02.